The lowest BCUT2D eigenvalue weighted by atomic mass is 9.83. The molecular weight excluding hydrogens is 275 g/mol. The molecule has 1 heterocycles. The van der Waals surface area contributed by atoms with E-state index in [0.29, 0.717) is 24.8 Å². The standard InChI is InChI=1S/C14H15FN4O2/c15-12-3-1-11(2-4-12)14(21,7-19-9-16-8-18-19)13(5-6-13)17-10-20/h1-4,8-10,21H,5-7H2,(H,17,20). The van der Waals surface area contributed by atoms with Crippen LogP contribution in [0.3, 0.4) is 0 Å². The molecule has 110 valence electrons. The molecule has 0 radical (unpaired) electrons. The van der Waals surface area contributed by atoms with Crippen LogP contribution < -0.4 is 5.32 Å². The van der Waals surface area contributed by atoms with Crippen LogP contribution in [-0.2, 0) is 16.9 Å². The summed E-state index contributed by atoms with van der Waals surface area (Å²) in [6.07, 6.45) is 4.74. The van der Waals surface area contributed by atoms with Crippen molar-refractivity contribution in [1.82, 2.24) is 20.1 Å². The number of aromatic nitrogens is 3. The summed E-state index contributed by atoms with van der Waals surface area (Å²) in [5.74, 6) is -0.380. The van der Waals surface area contributed by atoms with Crippen LogP contribution in [0.15, 0.2) is 36.9 Å². The smallest absolute Gasteiger partial charge is 0.207 e. The molecule has 1 aromatic heterocycles. The summed E-state index contributed by atoms with van der Waals surface area (Å²) in [6.45, 7) is 0.124. The number of rotatable bonds is 6. The number of aliphatic hydroxyl groups is 1. The Morgan fingerprint density at radius 2 is 2.14 bits per heavy atom. The predicted molar refractivity (Wildman–Crippen MR) is 71.5 cm³/mol. The average Bonchev–Trinajstić information content (AvgIpc) is 3.09. The van der Waals surface area contributed by atoms with E-state index in [1.807, 2.05) is 0 Å². The zero-order valence-corrected chi connectivity index (χ0v) is 11.2. The van der Waals surface area contributed by atoms with Gasteiger partial charge >= 0.3 is 0 Å². The third-order valence-corrected chi connectivity index (χ3v) is 4.06. The number of benzene rings is 1. The van der Waals surface area contributed by atoms with Gasteiger partial charge in [0, 0.05) is 0 Å². The maximum Gasteiger partial charge on any atom is 0.207 e. The monoisotopic (exact) mass is 290 g/mol. The lowest BCUT2D eigenvalue weighted by Gasteiger charge is -2.36. The van der Waals surface area contributed by atoms with Crippen LogP contribution in [-0.4, -0.2) is 31.8 Å². The van der Waals surface area contributed by atoms with Gasteiger partial charge in [0.1, 0.15) is 24.1 Å². The second-order valence-electron chi connectivity index (χ2n) is 5.30. The van der Waals surface area contributed by atoms with Gasteiger partial charge in [0.2, 0.25) is 6.41 Å². The molecule has 2 aromatic rings. The Kier molecular flexibility index (Phi) is 3.21. The molecule has 3 rings (SSSR count). The second-order valence-corrected chi connectivity index (χ2v) is 5.30. The number of halogens is 1. The average molecular weight is 290 g/mol. The van der Waals surface area contributed by atoms with Gasteiger partial charge in [-0.05, 0) is 30.5 Å². The minimum atomic E-state index is -1.38. The first-order valence-electron chi connectivity index (χ1n) is 6.62. The molecule has 1 fully saturated rings. The van der Waals surface area contributed by atoms with Crippen molar-refractivity contribution < 1.29 is 14.3 Å². The number of nitrogens with zero attached hydrogens (tertiary/aromatic N) is 3. The molecule has 1 aromatic carbocycles. The fraction of sp³-hybridized carbons (Fsp3) is 0.357. The van der Waals surface area contributed by atoms with Crippen molar-refractivity contribution in [3.8, 4) is 0 Å². The van der Waals surface area contributed by atoms with Gasteiger partial charge in [-0.25, -0.2) is 14.1 Å². The van der Waals surface area contributed by atoms with Gasteiger partial charge in [0.25, 0.3) is 0 Å². The fourth-order valence-corrected chi connectivity index (χ4v) is 2.71. The van der Waals surface area contributed by atoms with Gasteiger partial charge in [-0.2, -0.15) is 5.10 Å². The van der Waals surface area contributed by atoms with Crippen LogP contribution in [0.25, 0.3) is 0 Å². The molecular formula is C14H15FN4O2. The summed E-state index contributed by atoms with van der Waals surface area (Å²) in [7, 11) is 0. The highest BCUT2D eigenvalue weighted by molar-refractivity contribution is 5.51. The lowest BCUT2D eigenvalue weighted by Crippen LogP contribution is -2.53. The molecule has 1 unspecified atom stereocenters. The highest BCUT2D eigenvalue weighted by Gasteiger charge is 2.60. The molecule has 1 atom stereocenters. The van der Waals surface area contributed by atoms with Crippen molar-refractivity contribution in [2.45, 2.75) is 30.5 Å². The number of hydrogen-bond donors (Lipinski definition) is 2. The molecule has 0 saturated heterocycles. The highest BCUT2D eigenvalue weighted by Crippen LogP contribution is 2.50. The first kappa shape index (κ1) is 13.7. The zero-order valence-electron chi connectivity index (χ0n) is 11.2. The molecule has 1 aliphatic rings. The van der Waals surface area contributed by atoms with E-state index in [9.17, 15) is 14.3 Å². The zero-order chi connectivity index (χ0) is 14.9. The summed E-state index contributed by atoms with van der Waals surface area (Å²) in [5.41, 5.74) is -1.60. The van der Waals surface area contributed by atoms with Gasteiger partial charge < -0.3 is 10.4 Å². The van der Waals surface area contributed by atoms with Gasteiger partial charge in [-0.1, -0.05) is 12.1 Å². The minimum Gasteiger partial charge on any atom is -0.381 e. The Labute approximate surface area is 120 Å². The SMILES string of the molecule is O=CNC1(C(O)(Cn2cncn2)c2ccc(F)cc2)CC1. The molecule has 1 amide bonds. The van der Waals surface area contributed by atoms with Crippen LogP contribution in [0.4, 0.5) is 4.39 Å². The van der Waals surface area contributed by atoms with Crippen molar-refractivity contribution >= 4 is 6.41 Å². The van der Waals surface area contributed by atoms with Crippen LogP contribution >= 0.6 is 0 Å². The summed E-state index contributed by atoms with van der Waals surface area (Å²) in [5, 5.41) is 17.9. The van der Waals surface area contributed by atoms with Gasteiger partial charge in [-0.3, -0.25) is 4.79 Å². The van der Waals surface area contributed by atoms with Crippen LogP contribution in [0, 0.1) is 5.82 Å². The quantitative estimate of drug-likeness (QED) is 0.763. The molecule has 0 aliphatic heterocycles. The van der Waals surface area contributed by atoms with E-state index in [1.165, 1.54) is 41.6 Å². The normalized spacial score (nSPS) is 18.8. The van der Waals surface area contributed by atoms with Crippen LogP contribution in [0.5, 0.6) is 0 Å². The van der Waals surface area contributed by atoms with Crippen molar-refractivity contribution in [3.05, 3.63) is 48.3 Å². The topological polar surface area (TPSA) is 80.0 Å². The fourth-order valence-electron chi connectivity index (χ4n) is 2.71. The molecule has 6 nitrogen and oxygen atoms in total. The number of amides is 1. The number of carbonyl (C=O) groups excluding carboxylic acids is 1. The van der Waals surface area contributed by atoms with E-state index in [1.54, 1.807) is 0 Å². The number of carbonyl (C=O) groups is 1. The Hall–Kier alpha value is -2.28. The number of hydrogen-bond acceptors (Lipinski definition) is 4. The largest absolute Gasteiger partial charge is 0.381 e. The van der Waals surface area contributed by atoms with Gasteiger partial charge in [0.15, 0.2) is 0 Å². The Morgan fingerprint density at radius 3 is 2.67 bits per heavy atom. The summed E-state index contributed by atoms with van der Waals surface area (Å²) < 4.78 is 14.6. The third-order valence-electron chi connectivity index (χ3n) is 4.06. The maximum atomic E-state index is 13.1. The molecule has 7 heteroatoms. The van der Waals surface area contributed by atoms with E-state index in [-0.39, 0.29) is 12.4 Å². The van der Waals surface area contributed by atoms with Gasteiger partial charge in [-0.15, -0.1) is 0 Å². The van der Waals surface area contributed by atoms with Crippen molar-refractivity contribution in [3.63, 3.8) is 0 Å². The van der Waals surface area contributed by atoms with Crippen molar-refractivity contribution in [1.29, 1.82) is 0 Å². The Morgan fingerprint density at radius 1 is 1.43 bits per heavy atom. The molecule has 0 bridgehead atoms. The first-order valence-corrected chi connectivity index (χ1v) is 6.62. The summed E-state index contributed by atoms with van der Waals surface area (Å²) in [6, 6.07) is 5.63. The Balaban J connectivity index is 2.01. The number of nitrogens with one attached hydrogen (secondary N) is 1. The van der Waals surface area contributed by atoms with Crippen molar-refractivity contribution in [2.75, 3.05) is 0 Å². The van der Waals surface area contributed by atoms with E-state index in [0.717, 1.165) is 0 Å². The van der Waals surface area contributed by atoms with E-state index in [2.05, 4.69) is 15.4 Å². The predicted octanol–water partition coefficient (Wildman–Crippen LogP) is 0.584. The highest BCUT2D eigenvalue weighted by atomic mass is 19.1. The van der Waals surface area contributed by atoms with Crippen LogP contribution in [0.2, 0.25) is 0 Å². The lowest BCUT2D eigenvalue weighted by molar-refractivity contribution is -0.114. The first-order chi connectivity index (χ1) is 10.1. The Bertz CT molecular complexity index is 625. The third kappa shape index (κ3) is 2.29. The minimum absolute atomic E-state index is 0.124. The summed E-state index contributed by atoms with van der Waals surface area (Å²) >= 11 is 0. The van der Waals surface area contributed by atoms with Crippen molar-refractivity contribution in [2.24, 2.45) is 0 Å². The maximum absolute atomic E-state index is 13.1. The van der Waals surface area contributed by atoms with Gasteiger partial charge in [0.05, 0.1) is 12.1 Å². The van der Waals surface area contributed by atoms with E-state index < -0.39 is 11.1 Å². The van der Waals surface area contributed by atoms with E-state index in [4.69, 9.17) is 0 Å². The molecule has 1 saturated carbocycles. The summed E-state index contributed by atoms with van der Waals surface area (Å²) in [4.78, 5) is 14.7. The molecule has 21 heavy (non-hydrogen) atoms. The molecule has 2 N–H and O–H groups in total. The second kappa shape index (κ2) is 4.92. The van der Waals surface area contributed by atoms with E-state index >= 15 is 0 Å². The molecule has 1 aliphatic carbocycles. The van der Waals surface area contributed by atoms with Crippen LogP contribution in [0.1, 0.15) is 18.4 Å². The molecule has 0 spiro atoms.